The van der Waals surface area contributed by atoms with Crippen molar-refractivity contribution in [2.75, 3.05) is 12.3 Å². The Bertz CT molecular complexity index is 339. The van der Waals surface area contributed by atoms with Crippen LogP contribution in [0.4, 0.5) is 0 Å². The lowest BCUT2D eigenvalue weighted by Gasteiger charge is -2.25. The van der Waals surface area contributed by atoms with Gasteiger partial charge in [0.15, 0.2) is 0 Å². The fraction of sp³-hybridized carbons (Fsp3) is 0.900. The molecule has 102 valence electrons. The standard InChI is InChI=1S/C10H23N3O3S/c1-4-5-8-17(15,16)13(9(2)3)7-6-10(11)12-14/h9,14H,4-8H2,1-3H3,(H2,11,12). The van der Waals surface area contributed by atoms with Gasteiger partial charge in [-0.1, -0.05) is 18.5 Å². The van der Waals surface area contributed by atoms with Crippen LogP contribution >= 0.6 is 0 Å². The number of rotatable bonds is 8. The number of hydrogen-bond donors (Lipinski definition) is 2. The molecule has 3 N–H and O–H groups in total. The summed E-state index contributed by atoms with van der Waals surface area (Å²) >= 11 is 0. The highest BCUT2D eigenvalue weighted by molar-refractivity contribution is 7.89. The van der Waals surface area contributed by atoms with Crippen molar-refractivity contribution in [1.82, 2.24) is 4.31 Å². The molecule has 0 spiro atoms. The first-order valence-electron chi connectivity index (χ1n) is 5.81. The molecule has 0 saturated heterocycles. The molecule has 0 amide bonds. The van der Waals surface area contributed by atoms with Crippen molar-refractivity contribution in [2.24, 2.45) is 10.9 Å². The number of nitrogens with two attached hydrogens (primary N) is 1. The minimum Gasteiger partial charge on any atom is -0.409 e. The van der Waals surface area contributed by atoms with Crippen molar-refractivity contribution in [3.05, 3.63) is 0 Å². The van der Waals surface area contributed by atoms with E-state index in [2.05, 4.69) is 5.16 Å². The van der Waals surface area contributed by atoms with Gasteiger partial charge in [0.1, 0.15) is 5.84 Å². The summed E-state index contributed by atoms with van der Waals surface area (Å²) in [7, 11) is -3.25. The van der Waals surface area contributed by atoms with Crippen molar-refractivity contribution < 1.29 is 13.6 Å². The Hall–Kier alpha value is -0.820. The minimum atomic E-state index is -3.25. The maximum absolute atomic E-state index is 12.0. The van der Waals surface area contributed by atoms with E-state index < -0.39 is 10.0 Å². The Kier molecular flexibility index (Phi) is 7.13. The lowest BCUT2D eigenvalue weighted by molar-refractivity contribution is 0.313. The lowest BCUT2D eigenvalue weighted by atomic mass is 10.3. The highest BCUT2D eigenvalue weighted by Gasteiger charge is 2.24. The van der Waals surface area contributed by atoms with E-state index in [0.717, 1.165) is 6.42 Å². The largest absolute Gasteiger partial charge is 0.409 e. The second-order valence-electron chi connectivity index (χ2n) is 4.22. The van der Waals surface area contributed by atoms with E-state index in [-0.39, 0.29) is 30.6 Å². The van der Waals surface area contributed by atoms with Gasteiger partial charge in [-0.15, -0.1) is 0 Å². The summed E-state index contributed by atoms with van der Waals surface area (Å²) in [5.74, 6) is 0.194. The van der Waals surface area contributed by atoms with Gasteiger partial charge in [0.2, 0.25) is 10.0 Å². The second kappa shape index (κ2) is 7.50. The second-order valence-corrected chi connectivity index (χ2v) is 6.26. The zero-order chi connectivity index (χ0) is 13.5. The van der Waals surface area contributed by atoms with Crippen molar-refractivity contribution in [3.8, 4) is 0 Å². The molecule has 0 aliphatic carbocycles. The molecule has 17 heavy (non-hydrogen) atoms. The third-order valence-electron chi connectivity index (χ3n) is 2.41. The molecule has 0 radical (unpaired) electrons. The van der Waals surface area contributed by atoms with Crippen LogP contribution in [0.2, 0.25) is 0 Å². The third-order valence-corrected chi connectivity index (χ3v) is 4.53. The predicted molar refractivity (Wildman–Crippen MR) is 68.6 cm³/mol. The molecule has 0 bridgehead atoms. The molecule has 0 saturated carbocycles. The van der Waals surface area contributed by atoms with E-state index >= 15 is 0 Å². The summed E-state index contributed by atoms with van der Waals surface area (Å²) in [5.41, 5.74) is 5.34. The Morgan fingerprint density at radius 3 is 2.47 bits per heavy atom. The monoisotopic (exact) mass is 265 g/mol. The average Bonchev–Trinajstić information content (AvgIpc) is 2.25. The summed E-state index contributed by atoms with van der Waals surface area (Å²) in [6.45, 7) is 5.83. The molecule has 0 fully saturated rings. The molecule has 0 unspecified atom stereocenters. The van der Waals surface area contributed by atoms with Gasteiger partial charge in [0.05, 0.1) is 5.75 Å². The first-order valence-corrected chi connectivity index (χ1v) is 7.42. The number of hydrogen-bond acceptors (Lipinski definition) is 4. The quantitative estimate of drug-likeness (QED) is 0.296. The van der Waals surface area contributed by atoms with Gasteiger partial charge in [-0.2, -0.15) is 4.31 Å². The van der Waals surface area contributed by atoms with E-state index in [4.69, 9.17) is 10.9 Å². The van der Waals surface area contributed by atoms with Gasteiger partial charge < -0.3 is 10.9 Å². The molecule has 7 heteroatoms. The number of unbranched alkanes of at least 4 members (excludes halogenated alkanes) is 1. The van der Waals surface area contributed by atoms with Gasteiger partial charge in [0, 0.05) is 19.0 Å². The zero-order valence-electron chi connectivity index (χ0n) is 10.8. The maximum atomic E-state index is 12.0. The summed E-state index contributed by atoms with van der Waals surface area (Å²) < 4.78 is 25.4. The SMILES string of the molecule is CCCCS(=O)(=O)N(CC/C(N)=N/O)C(C)C. The number of amidine groups is 1. The van der Waals surface area contributed by atoms with Crippen molar-refractivity contribution >= 4 is 15.9 Å². The lowest BCUT2D eigenvalue weighted by Crippen LogP contribution is -2.40. The molecule has 0 rings (SSSR count). The maximum Gasteiger partial charge on any atom is 0.214 e. The molecule has 0 aliphatic rings. The van der Waals surface area contributed by atoms with Crippen molar-refractivity contribution in [1.29, 1.82) is 0 Å². The van der Waals surface area contributed by atoms with Crippen LogP contribution in [0.1, 0.15) is 40.0 Å². The first-order chi connectivity index (χ1) is 7.85. The van der Waals surface area contributed by atoms with Crippen LogP contribution in [0.5, 0.6) is 0 Å². The molecule has 0 aromatic rings. The summed E-state index contributed by atoms with van der Waals surface area (Å²) in [6, 6.07) is -0.122. The Morgan fingerprint density at radius 1 is 1.47 bits per heavy atom. The normalized spacial score (nSPS) is 13.6. The molecule has 0 aromatic carbocycles. The average molecular weight is 265 g/mol. The van der Waals surface area contributed by atoms with Gasteiger partial charge in [-0.25, -0.2) is 8.42 Å². The first kappa shape index (κ1) is 16.2. The molecule has 0 aromatic heterocycles. The van der Waals surface area contributed by atoms with E-state index in [1.807, 2.05) is 20.8 Å². The van der Waals surface area contributed by atoms with Crippen LogP contribution in [0.25, 0.3) is 0 Å². The Balaban J connectivity index is 4.62. The van der Waals surface area contributed by atoms with Crippen LogP contribution in [-0.4, -0.2) is 42.1 Å². The number of sulfonamides is 1. The van der Waals surface area contributed by atoms with E-state index in [9.17, 15) is 8.42 Å². The van der Waals surface area contributed by atoms with Gasteiger partial charge in [-0.05, 0) is 20.3 Å². The van der Waals surface area contributed by atoms with E-state index in [1.54, 1.807) is 0 Å². The Labute approximate surface area is 104 Å². The smallest absolute Gasteiger partial charge is 0.214 e. The molecule has 0 heterocycles. The summed E-state index contributed by atoms with van der Waals surface area (Å²) in [6.07, 6.45) is 1.72. The molecule has 0 aliphatic heterocycles. The van der Waals surface area contributed by atoms with Gasteiger partial charge in [-0.3, -0.25) is 0 Å². The fourth-order valence-corrected chi connectivity index (χ4v) is 3.34. The van der Waals surface area contributed by atoms with Crippen LogP contribution in [-0.2, 0) is 10.0 Å². The number of oxime groups is 1. The Morgan fingerprint density at radius 2 is 2.06 bits per heavy atom. The molecular weight excluding hydrogens is 242 g/mol. The summed E-state index contributed by atoms with van der Waals surface area (Å²) in [4.78, 5) is 0. The molecular formula is C10H23N3O3S. The van der Waals surface area contributed by atoms with Gasteiger partial charge >= 0.3 is 0 Å². The van der Waals surface area contributed by atoms with Crippen LogP contribution < -0.4 is 5.73 Å². The van der Waals surface area contributed by atoms with Crippen LogP contribution in [0, 0.1) is 0 Å². The third kappa shape index (κ3) is 5.88. The van der Waals surface area contributed by atoms with Crippen molar-refractivity contribution in [2.45, 2.75) is 46.1 Å². The fourth-order valence-electron chi connectivity index (χ4n) is 1.44. The van der Waals surface area contributed by atoms with E-state index in [0.29, 0.717) is 6.42 Å². The number of nitrogens with zero attached hydrogens (tertiary/aromatic N) is 2. The molecule has 6 nitrogen and oxygen atoms in total. The highest BCUT2D eigenvalue weighted by Crippen LogP contribution is 2.10. The predicted octanol–water partition coefficient (Wildman–Crippen LogP) is 0.963. The summed E-state index contributed by atoms with van der Waals surface area (Å²) in [5, 5.41) is 11.3. The molecule has 0 atom stereocenters. The van der Waals surface area contributed by atoms with Crippen LogP contribution in [0.3, 0.4) is 0 Å². The van der Waals surface area contributed by atoms with Crippen molar-refractivity contribution in [3.63, 3.8) is 0 Å². The highest BCUT2D eigenvalue weighted by atomic mass is 32.2. The van der Waals surface area contributed by atoms with Gasteiger partial charge in [0.25, 0.3) is 0 Å². The zero-order valence-corrected chi connectivity index (χ0v) is 11.6. The van der Waals surface area contributed by atoms with Crippen LogP contribution in [0.15, 0.2) is 5.16 Å². The minimum absolute atomic E-state index is 0.0429. The topological polar surface area (TPSA) is 96.0 Å². The van der Waals surface area contributed by atoms with E-state index in [1.165, 1.54) is 4.31 Å².